The van der Waals surface area contributed by atoms with E-state index in [0.717, 1.165) is 43.1 Å². The van der Waals surface area contributed by atoms with Crippen molar-refractivity contribution in [2.75, 3.05) is 27.2 Å². The Balaban J connectivity index is 1.70. The number of hydrogen-bond acceptors (Lipinski definition) is 5. The molecular formula is C21H26N4S. The lowest BCUT2D eigenvalue weighted by atomic mass is 10.1. The van der Waals surface area contributed by atoms with Crippen LogP contribution in [0, 0.1) is 6.92 Å². The minimum Gasteiger partial charge on any atom is -0.308 e. The third-order valence-electron chi connectivity index (χ3n) is 4.32. The minimum absolute atomic E-state index is 0.796. The lowest BCUT2D eigenvalue weighted by Gasteiger charge is -2.23. The molecule has 2 heterocycles. The Bertz CT molecular complexity index is 797. The summed E-state index contributed by atoms with van der Waals surface area (Å²) in [6.45, 7) is 5.97. The fourth-order valence-electron chi connectivity index (χ4n) is 2.84. The summed E-state index contributed by atoms with van der Waals surface area (Å²) in [4.78, 5) is 15.3. The first kappa shape index (κ1) is 18.7. The van der Waals surface area contributed by atoms with Gasteiger partial charge in [0.1, 0.15) is 0 Å². The Morgan fingerprint density at radius 2 is 1.69 bits per heavy atom. The summed E-state index contributed by atoms with van der Waals surface area (Å²) in [5.74, 6) is 0.796. The van der Waals surface area contributed by atoms with Gasteiger partial charge in [-0.1, -0.05) is 30.3 Å². The molecule has 0 atom stereocenters. The number of aromatic nitrogens is 2. The molecule has 0 spiro atoms. The molecule has 0 saturated heterocycles. The van der Waals surface area contributed by atoms with Crippen molar-refractivity contribution in [1.82, 2.24) is 19.8 Å². The number of rotatable bonds is 8. The first-order chi connectivity index (χ1) is 12.6. The second kappa shape index (κ2) is 9.03. The van der Waals surface area contributed by atoms with Crippen LogP contribution >= 0.6 is 11.3 Å². The van der Waals surface area contributed by atoms with E-state index in [4.69, 9.17) is 0 Å². The molecule has 136 valence electrons. The lowest BCUT2D eigenvalue weighted by Crippen LogP contribution is -2.31. The quantitative estimate of drug-likeness (QED) is 0.601. The van der Waals surface area contributed by atoms with E-state index in [0.29, 0.717) is 0 Å². The van der Waals surface area contributed by atoms with Gasteiger partial charge in [-0.25, -0.2) is 9.97 Å². The molecule has 0 unspecified atom stereocenters. The van der Waals surface area contributed by atoms with Crippen LogP contribution < -0.4 is 0 Å². The number of benzene rings is 1. The van der Waals surface area contributed by atoms with Crippen molar-refractivity contribution in [2.45, 2.75) is 20.0 Å². The van der Waals surface area contributed by atoms with E-state index in [1.54, 1.807) is 0 Å². The van der Waals surface area contributed by atoms with E-state index < -0.39 is 0 Å². The molecule has 0 saturated carbocycles. The summed E-state index contributed by atoms with van der Waals surface area (Å²) < 4.78 is 0. The highest BCUT2D eigenvalue weighted by molar-refractivity contribution is 7.09. The molecule has 0 amide bonds. The van der Waals surface area contributed by atoms with Crippen LogP contribution in [-0.2, 0) is 13.1 Å². The molecule has 3 aromatic rings. The van der Waals surface area contributed by atoms with Crippen molar-refractivity contribution in [3.63, 3.8) is 0 Å². The summed E-state index contributed by atoms with van der Waals surface area (Å²) in [6, 6.07) is 12.6. The zero-order chi connectivity index (χ0) is 18.4. The zero-order valence-corrected chi connectivity index (χ0v) is 16.5. The number of nitrogens with zero attached hydrogens (tertiary/aromatic N) is 4. The van der Waals surface area contributed by atoms with Crippen molar-refractivity contribution >= 4 is 11.3 Å². The fraction of sp³-hybridized carbons (Fsp3) is 0.333. The lowest BCUT2D eigenvalue weighted by molar-refractivity contribution is 0.227. The van der Waals surface area contributed by atoms with Gasteiger partial charge in [-0.3, -0.25) is 4.90 Å². The topological polar surface area (TPSA) is 32.3 Å². The zero-order valence-electron chi connectivity index (χ0n) is 15.7. The molecule has 26 heavy (non-hydrogen) atoms. The summed E-state index contributed by atoms with van der Waals surface area (Å²) in [5.41, 5.74) is 3.45. The van der Waals surface area contributed by atoms with Crippen LogP contribution in [0.2, 0.25) is 0 Å². The molecule has 1 aromatic carbocycles. The number of thiophene rings is 1. The van der Waals surface area contributed by atoms with Crippen LogP contribution in [-0.4, -0.2) is 47.0 Å². The second-order valence-corrected chi connectivity index (χ2v) is 7.86. The van der Waals surface area contributed by atoms with Gasteiger partial charge < -0.3 is 4.90 Å². The first-order valence-corrected chi connectivity index (χ1v) is 9.76. The van der Waals surface area contributed by atoms with Gasteiger partial charge in [0.25, 0.3) is 0 Å². The normalized spacial score (nSPS) is 11.4. The third-order valence-corrected chi connectivity index (χ3v) is 5.18. The number of aryl methyl sites for hydroxylation is 1. The first-order valence-electron chi connectivity index (χ1n) is 8.88. The van der Waals surface area contributed by atoms with Gasteiger partial charge in [-0.15, -0.1) is 11.3 Å². The van der Waals surface area contributed by atoms with E-state index in [-0.39, 0.29) is 0 Å². The van der Waals surface area contributed by atoms with E-state index >= 15 is 0 Å². The molecule has 0 radical (unpaired) electrons. The van der Waals surface area contributed by atoms with Gasteiger partial charge in [0, 0.05) is 54.6 Å². The van der Waals surface area contributed by atoms with Crippen LogP contribution in [0.3, 0.4) is 0 Å². The van der Waals surface area contributed by atoms with Crippen LogP contribution in [0.5, 0.6) is 0 Å². The molecule has 0 aliphatic rings. The Morgan fingerprint density at radius 1 is 0.923 bits per heavy atom. The molecule has 3 rings (SSSR count). The van der Waals surface area contributed by atoms with Gasteiger partial charge in [0.15, 0.2) is 5.82 Å². The second-order valence-electron chi connectivity index (χ2n) is 6.82. The summed E-state index contributed by atoms with van der Waals surface area (Å²) in [5, 5.41) is 2.14. The number of likely N-dealkylation sites (N-methyl/N-ethyl adjacent to an activating group) is 1. The summed E-state index contributed by atoms with van der Waals surface area (Å²) in [6.07, 6.45) is 3.93. The van der Waals surface area contributed by atoms with Gasteiger partial charge in [-0.2, -0.15) is 0 Å². The Hall–Kier alpha value is -2.08. The van der Waals surface area contributed by atoms with E-state index in [9.17, 15) is 0 Å². The van der Waals surface area contributed by atoms with Crippen molar-refractivity contribution in [3.8, 4) is 11.4 Å². The SMILES string of the molecule is Cc1ccccc1-c1ncc(CN(CCN(C)C)Cc2cccs2)cn1. The van der Waals surface area contributed by atoms with Gasteiger partial charge in [-0.05, 0) is 38.0 Å². The molecule has 0 fully saturated rings. The standard InChI is InChI=1S/C21H26N4S/c1-17-7-4-5-9-20(17)21-22-13-18(14-23-21)15-25(11-10-24(2)3)16-19-8-6-12-26-19/h4-9,12-14H,10-11,15-16H2,1-3H3. The maximum absolute atomic E-state index is 4.61. The predicted molar refractivity (Wildman–Crippen MR) is 109 cm³/mol. The predicted octanol–water partition coefficient (Wildman–Crippen LogP) is 4.08. The molecular weight excluding hydrogens is 340 g/mol. The Kier molecular flexibility index (Phi) is 6.50. The number of hydrogen-bond donors (Lipinski definition) is 0. The van der Waals surface area contributed by atoms with Crippen molar-refractivity contribution in [3.05, 3.63) is 70.2 Å². The van der Waals surface area contributed by atoms with E-state index in [1.165, 1.54) is 10.4 Å². The van der Waals surface area contributed by atoms with E-state index in [2.05, 4.69) is 70.4 Å². The van der Waals surface area contributed by atoms with Gasteiger partial charge in [0.2, 0.25) is 0 Å². The highest BCUT2D eigenvalue weighted by Crippen LogP contribution is 2.19. The summed E-state index contributed by atoms with van der Waals surface area (Å²) >= 11 is 1.81. The maximum Gasteiger partial charge on any atom is 0.159 e. The average Bonchev–Trinajstić information content (AvgIpc) is 3.14. The summed E-state index contributed by atoms with van der Waals surface area (Å²) in [7, 11) is 4.23. The van der Waals surface area contributed by atoms with Crippen LogP contribution in [0.1, 0.15) is 16.0 Å². The van der Waals surface area contributed by atoms with Crippen LogP contribution in [0.15, 0.2) is 54.2 Å². The van der Waals surface area contributed by atoms with Crippen LogP contribution in [0.4, 0.5) is 0 Å². The molecule has 0 N–H and O–H groups in total. The molecule has 0 aliphatic carbocycles. The van der Waals surface area contributed by atoms with E-state index in [1.807, 2.05) is 35.9 Å². The Morgan fingerprint density at radius 3 is 2.35 bits per heavy atom. The maximum atomic E-state index is 4.61. The van der Waals surface area contributed by atoms with Crippen molar-refractivity contribution in [1.29, 1.82) is 0 Å². The largest absolute Gasteiger partial charge is 0.308 e. The van der Waals surface area contributed by atoms with Crippen molar-refractivity contribution in [2.24, 2.45) is 0 Å². The molecule has 0 bridgehead atoms. The van der Waals surface area contributed by atoms with Crippen LogP contribution in [0.25, 0.3) is 11.4 Å². The third kappa shape index (κ3) is 5.21. The average molecular weight is 367 g/mol. The Labute approximate surface area is 160 Å². The van der Waals surface area contributed by atoms with Gasteiger partial charge in [0.05, 0.1) is 0 Å². The highest BCUT2D eigenvalue weighted by Gasteiger charge is 2.10. The smallest absolute Gasteiger partial charge is 0.159 e. The van der Waals surface area contributed by atoms with Gasteiger partial charge >= 0.3 is 0 Å². The highest BCUT2D eigenvalue weighted by atomic mass is 32.1. The minimum atomic E-state index is 0.796. The molecule has 0 aliphatic heterocycles. The fourth-order valence-corrected chi connectivity index (χ4v) is 3.58. The molecule has 2 aromatic heterocycles. The molecule has 5 heteroatoms. The monoisotopic (exact) mass is 366 g/mol. The molecule has 4 nitrogen and oxygen atoms in total. The van der Waals surface area contributed by atoms with Crippen molar-refractivity contribution < 1.29 is 0 Å².